The molecule has 210 valence electrons. The highest BCUT2D eigenvalue weighted by Crippen LogP contribution is 2.33. The number of aromatic nitrogens is 1. The van der Waals surface area contributed by atoms with Crippen LogP contribution in [0, 0.1) is 0 Å². The zero-order valence-electron chi connectivity index (χ0n) is 22.7. The van der Waals surface area contributed by atoms with Gasteiger partial charge in [0.15, 0.2) is 23.1 Å². The van der Waals surface area contributed by atoms with Crippen molar-refractivity contribution in [2.45, 2.75) is 0 Å². The molecule has 0 atom stereocenters. The second-order valence-corrected chi connectivity index (χ2v) is 10.2. The van der Waals surface area contributed by atoms with E-state index in [1.807, 2.05) is 0 Å². The second-order valence-electron chi connectivity index (χ2n) is 10.2. The Bertz CT molecular complexity index is 2000. The third-order valence-corrected chi connectivity index (χ3v) is 7.62. The second kappa shape index (κ2) is 10.2. The predicted molar refractivity (Wildman–Crippen MR) is 160 cm³/mol. The van der Waals surface area contributed by atoms with E-state index in [1.165, 1.54) is 42.5 Å². The molecule has 2 N–H and O–H groups in total. The summed E-state index contributed by atoms with van der Waals surface area (Å²) in [7, 11) is 0. The van der Waals surface area contributed by atoms with Crippen LogP contribution >= 0.6 is 0 Å². The summed E-state index contributed by atoms with van der Waals surface area (Å²) < 4.78 is 0. The van der Waals surface area contributed by atoms with Gasteiger partial charge in [0.25, 0.3) is 11.8 Å². The summed E-state index contributed by atoms with van der Waals surface area (Å²) in [6, 6.07) is 26.5. The van der Waals surface area contributed by atoms with Crippen LogP contribution in [0.2, 0.25) is 0 Å². The Morgan fingerprint density at radius 3 is 1.16 bits per heavy atom. The van der Waals surface area contributed by atoms with Gasteiger partial charge < -0.3 is 10.6 Å². The first-order chi connectivity index (χ1) is 21.3. The van der Waals surface area contributed by atoms with Crippen LogP contribution in [0.5, 0.6) is 0 Å². The Kier molecular flexibility index (Phi) is 6.14. The number of pyridine rings is 1. The van der Waals surface area contributed by atoms with E-state index in [0.717, 1.165) is 0 Å². The lowest BCUT2D eigenvalue weighted by Gasteiger charge is -2.20. The maximum absolute atomic E-state index is 13.3. The highest BCUT2D eigenvalue weighted by Gasteiger charge is 2.33. The molecule has 0 saturated heterocycles. The first kappa shape index (κ1) is 26.5. The molecule has 9 heteroatoms. The molecule has 1 heterocycles. The van der Waals surface area contributed by atoms with Gasteiger partial charge in [-0.05, 0) is 24.3 Å². The lowest BCUT2D eigenvalue weighted by Crippen LogP contribution is -2.25. The lowest BCUT2D eigenvalue weighted by atomic mass is 9.83. The molecule has 0 aliphatic heterocycles. The highest BCUT2D eigenvalue weighted by atomic mass is 16.2. The molecule has 4 aromatic carbocycles. The van der Waals surface area contributed by atoms with Crippen molar-refractivity contribution in [2.75, 3.05) is 10.6 Å². The van der Waals surface area contributed by atoms with Gasteiger partial charge in [-0.15, -0.1) is 0 Å². The van der Waals surface area contributed by atoms with Crippen molar-refractivity contribution in [3.63, 3.8) is 0 Å². The number of carbonyl (C=O) groups excluding carboxylic acids is 6. The summed E-state index contributed by atoms with van der Waals surface area (Å²) in [5.74, 6) is -2.85. The number of rotatable bonds is 4. The molecule has 7 rings (SSSR count). The summed E-state index contributed by atoms with van der Waals surface area (Å²) in [6.45, 7) is 0. The fourth-order valence-corrected chi connectivity index (χ4v) is 5.56. The Labute approximate surface area is 249 Å². The summed E-state index contributed by atoms with van der Waals surface area (Å²) in [4.78, 5) is 83.5. The number of hydrogen-bond acceptors (Lipinski definition) is 7. The predicted octanol–water partition coefficient (Wildman–Crippen LogP) is 5.14. The molecule has 0 unspecified atom stereocenters. The molecule has 2 aliphatic carbocycles. The van der Waals surface area contributed by atoms with Gasteiger partial charge in [-0.25, -0.2) is 4.98 Å². The van der Waals surface area contributed by atoms with Crippen LogP contribution in [0.25, 0.3) is 0 Å². The lowest BCUT2D eigenvalue weighted by molar-refractivity contribution is 0.0978. The summed E-state index contributed by atoms with van der Waals surface area (Å²) in [5, 5.41) is 5.31. The number of hydrogen-bond donors (Lipinski definition) is 2. The zero-order valence-corrected chi connectivity index (χ0v) is 22.7. The molecule has 2 amide bonds. The summed E-state index contributed by atoms with van der Waals surface area (Å²) >= 11 is 0. The molecule has 0 saturated carbocycles. The Morgan fingerprint density at radius 1 is 0.409 bits per heavy atom. The molecule has 44 heavy (non-hydrogen) atoms. The largest absolute Gasteiger partial charge is 0.320 e. The Hall–Kier alpha value is -6.35. The van der Waals surface area contributed by atoms with Crippen LogP contribution in [0.15, 0.2) is 103 Å². The fourth-order valence-electron chi connectivity index (χ4n) is 5.56. The molecule has 0 spiro atoms. The number of ketones is 4. The number of nitrogens with one attached hydrogen (secondary N) is 2. The Balaban J connectivity index is 1.15. The highest BCUT2D eigenvalue weighted by molar-refractivity contribution is 6.32. The maximum Gasteiger partial charge on any atom is 0.274 e. The van der Waals surface area contributed by atoms with Gasteiger partial charge in [-0.2, -0.15) is 0 Å². The van der Waals surface area contributed by atoms with E-state index in [9.17, 15) is 28.8 Å². The zero-order chi connectivity index (χ0) is 30.5. The number of carbonyl (C=O) groups is 6. The summed E-state index contributed by atoms with van der Waals surface area (Å²) in [6.07, 6.45) is 0. The van der Waals surface area contributed by atoms with Gasteiger partial charge in [0.1, 0.15) is 11.4 Å². The number of amides is 2. The SMILES string of the molecule is O=C(Nc1cccc2c1C(=O)c1ccccc1C2=O)c1cccc(C(=O)Nc2cccc3c2C(=O)c2ccccc2C3=O)n1. The molecule has 5 aromatic rings. The van der Waals surface area contributed by atoms with E-state index < -0.39 is 23.4 Å². The first-order valence-corrected chi connectivity index (χ1v) is 13.6. The van der Waals surface area contributed by atoms with E-state index in [-0.39, 0.29) is 67.7 Å². The standard InChI is InChI=1S/C35H19N3O6/c39-30-18-8-1-3-10-20(18)32(41)28-22(30)12-5-14-24(28)37-34(43)26-16-7-17-27(36-26)35(44)38-25-15-6-13-23-29(25)33(42)21-11-4-2-9-19(21)31(23)40/h1-17H,(H,37,43)(H,38,44). The smallest absolute Gasteiger partial charge is 0.274 e. The molecular weight excluding hydrogens is 558 g/mol. The van der Waals surface area contributed by atoms with Crippen molar-refractivity contribution in [2.24, 2.45) is 0 Å². The van der Waals surface area contributed by atoms with Crippen LogP contribution in [-0.4, -0.2) is 39.9 Å². The minimum atomic E-state index is -0.707. The topological polar surface area (TPSA) is 139 Å². The van der Waals surface area contributed by atoms with Crippen LogP contribution in [0.1, 0.15) is 84.7 Å². The number of fused-ring (bicyclic) bond motifs is 4. The van der Waals surface area contributed by atoms with Crippen LogP contribution < -0.4 is 10.6 Å². The van der Waals surface area contributed by atoms with E-state index >= 15 is 0 Å². The number of benzene rings is 4. The molecular formula is C35H19N3O6. The average molecular weight is 578 g/mol. The normalized spacial score (nSPS) is 12.9. The van der Waals surface area contributed by atoms with Gasteiger partial charge in [-0.3, -0.25) is 28.8 Å². The fraction of sp³-hybridized carbons (Fsp3) is 0. The average Bonchev–Trinajstić information content (AvgIpc) is 3.06. The monoisotopic (exact) mass is 577 g/mol. The van der Waals surface area contributed by atoms with E-state index in [1.54, 1.807) is 60.7 Å². The molecule has 9 nitrogen and oxygen atoms in total. The summed E-state index contributed by atoms with van der Waals surface area (Å²) in [5.41, 5.74) is 1.61. The van der Waals surface area contributed by atoms with Crippen molar-refractivity contribution in [3.8, 4) is 0 Å². The molecule has 2 aliphatic rings. The van der Waals surface area contributed by atoms with Crippen molar-refractivity contribution in [1.82, 2.24) is 4.98 Å². The molecule has 0 radical (unpaired) electrons. The van der Waals surface area contributed by atoms with E-state index in [4.69, 9.17) is 0 Å². The van der Waals surface area contributed by atoms with Gasteiger partial charge >= 0.3 is 0 Å². The van der Waals surface area contributed by atoms with Gasteiger partial charge in [-0.1, -0.05) is 78.9 Å². The Morgan fingerprint density at radius 2 is 0.750 bits per heavy atom. The van der Waals surface area contributed by atoms with Crippen LogP contribution in [0.4, 0.5) is 11.4 Å². The quantitative estimate of drug-likeness (QED) is 0.295. The minimum Gasteiger partial charge on any atom is -0.320 e. The van der Waals surface area contributed by atoms with Crippen molar-refractivity contribution < 1.29 is 28.8 Å². The minimum absolute atomic E-state index is 0.0769. The van der Waals surface area contributed by atoms with Crippen molar-refractivity contribution in [3.05, 3.63) is 159 Å². The van der Waals surface area contributed by atoms with Gasteiger partial charge in [0.2, 0.25) is 0 Å². The molecule has 0 bridgehead atoms. The van der Waals surface area contributed by atoms with Crippen LogP contribution in [-0.2, 0) is 0 Å². The van der Waals surface area contributed by atoms with Gasteiger partial charge in [0.05, 0.1) is 22.5 Å². The third kappa shape index (κ3) is 4.14. The van der Waals surface area contributed by atoms with Crippen molar-refractivity contribution in [1.29, 1.82) is 0 Å². The van der Waals surface area contributed by atoms with E-state index in [2.05, 4.69) is 15.6 Å². The molecule has 1 aromatic heterocycles. The maximum atomic E-state index is 13.3. The van der Waals surface area contributed by atoms with Gasteiger partial charge in [0, 0.05) is 33.4 Å². The van der Waals surface area contributed by atoms with Crippen molar-refractivity contribution >= 4 is 46.3 Å². The van der Waals surface area contributed by atoms with Crippen LogP contribution in [0.3, 0.4) is 0 Å². The van der Waals surface area contributed by atoms with E-state index in [0.29, 0.717) is 11.1 Å². The number of anilines is 2. The number of nitrogens with zero attached hydrogens (tertiary/aromatic N) is 1. The molecule has 0 fully saturated rings. The first-order valence-electron chi connectivity index (χ1n) is 13.6. The third-order valence-electron chi connectivity index (χ3n) is 7.62.